The second kappa shape index (κ2) is 8.64. The van der Waals surface area contributed by atoms with Gasteiger partial charge in [-0.1, -0.05) is 58.1 Å². The minimum absolute atomic E-state index is 0.0251. The lowest BCUT2D eigenvalue weighted by atomic mass is 9.68. The van der Waals surface area contributed by atoms with Crippen molar-refractivity contribution in [3.05, 3.63) is 29.8 Å². The molecule has 1 aliphatic heterocycles. The first-order chi connectivity index (χ1) is 12.9. The third-order valence-electron chi connectivity index (χ3n) is 7.24. The number of piperidine rings is 1. The summed E-state index contributed by atoms with van der Waals surface area (Å²) in [6.07, 6.45) is 8.08. The van der Waals surface area contributed by atoms with Gasteiger partial charge in [-0.15, -0.1) is 0 Å². The normalized spacial score (nSPS) is 28.7. The number of aliphatic carboxylic acids is 1. The predicted molar refractivity (Wildman–Crippen MR) is 108 cm³/mol. The van der Waals surface area contributed by atoms with Crippen LogP contribution in [0.25, 0.3) is 0 Å². The smallest absolute Gasteiger partial charge is 0.307 e. The van der Waals surface area contributed by atoms with E-state index in [4.69, 9.17) is 0 Å². The monoisotopic (exact) mass is 373 g/mol. The molecule has 0 amide bonds. The van der Waals surface area contributed by atoms with E-state index in [1.807, 2.05) is 12.1 Å². The van der Waals surface area contributed by atoms with Crippen LogP contribution in [0.5, 0.6) is 5.75 Å². The molecule has 1 aromatic carbocycles. The first-order valence-corrected chi connectivity index (χ1v) is 10.6. The van der Waals surface area contributed by atoms with E-state index < -0.39 is 5.97 Å². The highest BCUT2D eigenvalue weighted by Crippen LogP contribution is 2.40. The number of nitrogens with zero attached hydrogens (tertiary/aromatic N) is 1. The Bertz CT molecular complexity index is 640. The number of aromatic hydroxyl groups is 1. The lowest BCUT2D eigenvalue weighted by Crippen LogP contribution is -2.49. The molecule has 3 atom stereocenters. The molecule has 2 aliphatic rings. The quantitative estimate of drug-likeness (QED) is 0.761. The Morgan fingerprint density at radius 2 is 2.04 bits per heavy atom. The number of phenols is 1. The molecule has 4 heteroatoms. The summed E-state index contributed by atoms with van der Waals surface area (Å²) in [5.74, 6) is 0.457. The molecule has 150 valence electrons. The van der Waals surface area contributed by atoms with Crippen molar-refractivity contribution >= 4 is 5.97 Å². The van der Waals surface area contributed by atoms with Gasteiger partial charge in [0, 0.05) is 13.1 Å². The van der Waals surface area contributed by atoms with Crippen molar-refractivity contribution in [3.8, 4) is 5.75 Å². The average molecular weight is 374 g/mol. The van der Waals surface area contributed by atoms with Crippen LogP contribution in [0.15, 0.2) is 24.3 Å². The van der Waals surface area contributed by atoms with Gasteiger partial charge in [0.25, 0.3) is 0 Å². The van der Waals surface area contributed by atoms with Gasteiger partial charge in [0.2, 0.25) is 0 Å². The molecule has 1 aliphatic carbocycles. The van der Waals surface area contributed by atoms with E-state index in [2.05, 4.69) is 24.8 Å². The summed E-state index contributed by atoms with van der Waals surface area (Å²) in [5, 5.41) is 19.6. The van der Waals surface area contributed by atoms with Crippen molar-refractivity contribution in [1.82, 2.24) is 4.90 Å². The Kier molecular flexibility index (Phi) is 6.46. The van der Waals surface area contributed by atoms with Crippen molar-refractivity contribution in [1.29, 1.82) is 0 Å². The number of hydrogen-bond donors (Lipinski definition) is 2. The van der Waals surface area contributed by atoms with Crippen LogP contribution in [0, 0.1) is 17.8 Å². The van der Waals surface area contributed by atoms with Crippen LogP contribution in [0.1, 0.15) is 64.4 Å². The van der Waals surface area contributed by atoms with Gasteiger partial charge in [0.05, 0.1) is 5.92 Å². The fraction of sp³-hybridized carbons (Fsp3) is 0.696. The summed E-state index contributed by atoms with van der Waals surface area (Å²) < 4.78 is 0. The summed E-state index contributed by atoms with van der Waals surface area (Å²) in [7, 11) is 0. The molecule has 2 fully saturated rings. The number of carboxylic acids is 1. The van der Waals surface area contributed by atoms with Gasteiger partial charge < -0.3 is 15.1 Å². The second-order valence-corrected chi connectivity index (χ2v) is 9.15. The fourth-order valence-corrected chi connectivity index (χ4v) is 5.16. The molecule has 3 unspecified atom stereocenters. The number of carboxylic acid groups (broad SMARTS) is 1. The van der Waals surface area contributed by atoms with E-state index in [1.54, 1.807) is 6.07 Å². The molecule has 1 saturated carbocycles. The molecule has 1 heterocycles. The zero-order chi connectivity index (χ0) is 19.4. The maximum atomic E-state index is 11.9. The number of carbonyl (C=O) groups is 1. The SMILES string of the molecule is CC1CN(CC(CC2CCCCC2)C(=O)O)CCC1(C)c1cccc(O)c1. The molecular weight excluding hydrogens is 338 g/mol. The van der Waals surface area contributed by atoms with E-state index >= 15 is 0 Å². The van der Waals surface area contributed by atoms with Gasteiger partial charge in [-0.25, -0.2) is 0 Å². The molecule has 0 spiro atoms. The van der Waals surface area contributed by atoms with Gasteiger partial charge >= 0.3 is 5.97 Å². The molecule has 4 nitrogen and oxygen atoms in total. The molecule has 1 saturated heterocycles. The van der Waals surface area contributed by atoms with Gasteiger partial charge in [-0.05, 0) is 54.3 Å². The highest BCUT2D eigenvalue weighted by atomic mass is 16.4. The number of benzene rings is 1. The number of hydrogen-bond acceptors (Lipinski definition) is 3. The van der Waals surface area contributed by atoms with Gasteiger partial charge in [0.1, 0.15) is 5.75 Å². The van der Waals surface area contributed by atoms with Crippen LogP contribution in [-0.2, 0) is 10.2 Å². The van der Waals surface area contributed by atoms with Gasteiger partial charge in [0.15, 0.2) is 0 Å². The number of likely N-dealkylation sites (tertiary alicyclic amines) is 1. The second-order valence-electron chi connectivity index (χ2n) is 9.15. The number of rotatable bonds is 6. The fourth-order valence-electron chi connectivity index (χ4n) is 5.16. The maximum Gasteiger partial charge on any atom is 0.307 e. The standard InChI is InChI=1S/C23H35NO3/c1-17-15-24(12-11-23(17,2)20-9-6-10-21(25)14-20)16-19(22(26)27)13-18-7-4-3-5-8-18/h6,9-10,14,17-19,25H,3-5,7-8,11-13,15-16H2,1-2H3,(H,26,27). The minimum atomic E-state index is -0.630. The summed E-state index contributed by atoms with van der Waals surface area (Å²) in [5.41, 5.74) is 1.21. The topological polar surface area (TPSA) is 60.8 Å². The van der Waals surface area contributed by atoms with E-state index in [0.29, 0.717) is 24.1 Å². The van der Waals surface area contributed by atoms with E-state index in [0.717, 1.165) is 25.9 Å². The van der Waals surface area contributed by atoms with Crippen molar-refractivity contribution < 1.29 is 15.0 Å². The van der Waals surface area contributed by atoms with E-state index in [1.165, 1.54) is 37.7 Å². The Hall–Kier alpha value is -1.55. The van der Waals surface area contributed by atoms with Crippen molar-refractivity contribution in [2.75, 3.05) is 19.6 Å². The Balaban J connectivity index is 1.61. The lowest BCUT2D eigenvalue weighted by molar-refractivity contribution is -0.143. The zero-order valence-electron chi connectivity index (χ0n) is 16.9. The summed E-state index contributed by atoms with van der Waals surface area (Å²) >= 11 is 0. The molecule has 2 N–H and O–H groups in total. The Morgan fingerprint density at radius 3 is 2.67 bits per heavy atom. The van der Waals surface area contributed by atoms with Crippen LogP contribution < -0.4 is 0 Å². The van der Waals surface area contributed by atoms with Crippen molar-refractivity contribution in [2.45, 2.75) is 64.2 Å². The van der Waals surface area contributed by atoms with Gasteiger partial charge in [-0.2, -0.15) is 0 Å². The molecular formula is C23H35NO3. The maximum absolute atomic E-state index is 11.9. The third-order valence-corrected chi connectivity index (χ3v) is 7.24. The summed E-state index contributed by atoms with van der Waals surface area (Å²) in [4.78, 5) is 14.2. The van der Waals surface area contributed by atoms with E-state index in [-0.39, 0.29) is 11.3 Å². The van der Waals surface area contributed by atoms with Crippen LogP contribution in [0.2, 0.25) is 0 Å². The van der Waals surface area contributed by atoms with Crippen LogP contribution in [-0.4, -0.2) is 40.7 Å². The third kappa shape index (κ3) is 4.84. The van der Waals surface area contributed by atoms with Crippen LogP contribution in [0.4, 0.5) is 0 Å². The van der Waals surface area contributed by atoms with Crippen LogP contribution >= 0.6 is 0 Å². The highest BCUT2D eigenvalue weighted by molar-refractivity contribution is 5.70. The Morgan fingerprint density at radius 1 is 1.30 bits per heavy atom. The lowest BCUT2D eigenvalue weighted by Gasteiger charge is -2.45. The van der Waals surface area contributed by atoms with E-state index in [9.17, 15) is 15.0 Å². The number of phenolic OH excluding ortho intramolecular Hbond substituents is 1. The van der Waals surface area contributed by atoms with Gasteiger partial charge in [-0.3, -0.25) is 4.79 Å². The summed E-state index contributed by atoms with van der Waals surface area (Å²) in [6.45, 7) is 7.05. The summed E-state index contributed by atoms with van der Waals surface area (Å²) in [6, 6.07) is 7.62. The zero-order valence-corrected chi connectivity index (χ0v) is 16.9. The highest BCUT2D eigenvalue weighted by Gasteiger charge is 2.39. The minimum Gasteiger partial charge on any atom is -0.508 e. The largest absolute Gasteiger partial charge is 0.508 e. The molecule has 27 heavy (non-hydrogen) atoms. The first-order valence-electron chi connectivity index (χ1n) is 10.6. The molecule has 3 rings (SSSR count). The molecule has 0 aromatic heterocycles. The van der Waals surface area contributed by atoms with Crippen LogP contribution in [0.3, 0.4) is 0 Å². The molecule has 0 radical (unpaired) electrons. The molecule has 0 bridgehead atoms. The predicted octanol–water partition coefficient (Wildman–Crippen LogP) is 4.66. The first kappa shape index (κ1) is 20.2. The average Bonchev–Trinajstić information content (AvgIpc) is 2.65. The van der Waals surface area contributed by atoms with Crippen molar-refractivity contribution in [2.24, 2.45) is 17.8 Å². The van der Waals surface area contributed by atoms with Crippen molar-refractivity contribution in [3.63, 3.8) is 0 Å². The molecule has 1 aromatic rings. The Labute approximate surface area is 163 Å².